The zero-order chi connectivity index (χ0) is 14.8. The lowest BCUT2D eigenvalue weighted by atomic mass is 9.79. The molecule has 0 aliphatic carbocycles. The van der Waals surface area contributed by atoms with Crippen LogP contribution in [0.15, 0.2) is 24.3 Å². The number of halogens is 1. The van der Waals surface area contributed by atoms with Crippen LogP contribution in [0.2, 0.25) is 0 Å². The quantitative estimate of drug-likeness (QED) is 0.890. The average molecular weight is 295 g/mol. The molecule has 2 rings (SSSR count). The van der Waals surface area contributed by atoms with E-state index in [1.54, 1.807) is 23.5 Å². The SMILES string of the molecule is Cc1nc(CC(CO)(CO)c2ccc(F)cc2)sc1C. The van der Waals surface area contributed by atoms with E-state index < -0.39 is 5.41 Å². The lowest BCUT2D eigenvalue weighted by molar-refractivity contribution is 0.116. The van der Waals surface area contributed by atoms with E-state index in [9.17, 15) is 14.6 Å². The van der Waals surface area contributed by atoms with E-state index >= 15 is 0 Å². The zero-order valence-electron chi connectivity index (χ0n) is 11.6. The summed E-state index contributed by atoms with van der Waals surface area (Å²) in [5.41, 5.74) is 0.855. The molecule has 0 bridgehead atoms. The van der Waals surface area contributed by atoms with Crippen molar-refractivity contribution >= 4 is 11.3 Å². The maximum absolute atomic E-state index is 13.0. The summed E-state index contributed by atoms with van der Waals surface area (Å²) in [5, 5.41) is 20.4. The van der Waals surface area contributed by atoms with E-state index in [-0.39, 0.29) is 19.0 Å². The number of aliphatic hydroxyl groups excluding tert-OH is 2. The summed E-state index contributed by atoms with van der Waals surface area (Å²) in [5.74, 6) is -0.334. The van der Waals surface area contributed by atoms with Crippen molar-refractivity contribution in [3.8, 4) is 0 Å². The van der Waals surface area contributed by atoms with Crippen LogP contribution in [0.4, 0.5) is 4.39 Å². The van der Waals surface area contributed by atoms with Gasteiger partial charge in [0.15, 0.2) is 0 Å². The average Bonchev–Trinajstić information content (AvgIpc) is 2.76. The molecule has 1 aromatic heterocycles. The van der Waals surface area contributed by atoms with Crippen molar-refractivity contribution < 1.29 is 14.6 Å². The van der Waals surface area contributed by atoms with Gasteiger partial charge in [-0.2, -0.15) is 0 Å². The Labute approximate surface area is 121 Å². The van der Waals surface area contributed by atoms with Crippen molar-refractivity contribution in [1.29, 1.82) is 0 Å². The van der Waals surface area contributed by atoms with Crippen molar-refractivity contribution in [2.24, 2.45) is 0 Å². The molecule has 0 saturated heterocycles. The van der Waals surface area contributed by atoms with Crippen LogP contribution in [0, 0.1) is 19.7 Å². The second-order valence-corrected chi connectivity index (χ2v) is 6.32. The first-order valence-corrected chi connectivity index (χ1v) is 7.23. The molecule has 0 fully saturated rings. The Morgan fingerprint density at radius 2 is 1.75 bits per heavy atom. The molecule has 0 atom stereocenters. The third-order valence-electron chi connectivity index (χ3n) is 3.62. The molecule has 0 radical (unpaired) electrons. The first-order chi connectivity index (χ1) is 9.50. The molecule has 0 amide bonds. The number of benzene rings is 1. The molecule has 3 nitrogen and oxygen atoms in total. The van der Waals surface area contributed by atoms with E-state index in [0.29, 0.717) is 6.42 Å². The Morgan fingerprint density at radius 1 is 1.15 bits per heavy atom. The molecule has 2 aromatic rings. The first-order valence-electron chi connectivity index (χ1n) is 6.41. The highest BCUT2D eigenvalue weighted by molar-refractivity contribution is 7.11. The first kappa shape index (κ1) is 15.1. The fourth-order valence-electron chi connectivity index (χ4n) is 2.15. The van der Waals surface area contributed by atoms with Gasteiger partial charge in [-0.3, -0.25) is 0 Å². The Bertz CT molecular complexity index is 557. The van der Waals surface area contributed by atoms with Crippen LogP contribution in [0.25, 0.3) is 0 Å². The third-order valence-corrected chi connectivity index (χ3v) is 4.70. The van der Waals surface area contributed by atoms with Crippen LogP contribution in [0.1, 0.15) is 21.1 Å². The predicted molar refractivity (Wildman–Crippen MR) is 77.5 cm³/mol. The Balaban J connectivity index is 2.36. The lowest BCUT2D eigenvalue weighted by Gasteiger charge is -2.29. The van der Waals surface area contributed by atoms with Crippen LogP contribution in [0.5, 0.6) is 0 Å². The molecule has 0 spiro atoms. The van der Waals surface area contributed by atoms with Gasteiger partial charge < -0.3 is 10.2 Å². The fourth-order valence-corrected chi connectivity index (χ4v) is 3.23. The Hall–Kier alpha value is -1.30. The van der Waals surface area contributed by atoms with E-state index in [1.807, 2.05) is 13.8 Å². The van der Waals surface area contributed by atoms with Crippen molar-refractivity contribution in [3.05, 3.63) is 51.2 Å². The van der Waals surface area contributed by atoms with Gasteiger partial charge in [0.2, 0.25) is 0 Å². The monoisotopic (exact) mass is 295 g/mol. The summed E-state index contributed by atoms with van der Waals surface area (Å²) in [6, 6.07) is 5.89. The molecule has 1 heterocycles. The number of hydrogen-bond acceptors (Lipinski definition) is 4. The maximum atomic E-state index is 13.0. The summed E-state index contributed by atoms with van der Waals surface area (Å²) in [7, 11) is 0. The normalized spacial score (nSPS) is 11.8. The third kappa shape index (κ3) is 2.90. The molecular weight excluding hydrogens is 277 g/mol. The van der Waals surface area contributed by atoms with E-state index in [2.05, 4.69) is 4.98 Å². The minimum atomic E-state index is -0.829. The Morgan fingerprint density at radius 3 is 2.20 bits per heavy atom. The van der Waals surface area contributed by atoms with E-state index in [4.69, 9.17) is 0 Å². The molecule has 0 unspecified atom stereocenters. The van der Waals surface area contributed by atoms with Crippen LogP contribution in [-0.4, -0.2) is 28.4 Å². The molecular formula is C15H18FNO2S. The highest BCUT2D eigenvalue weighted by Gasteiger charge is 2.32. The topological polar surface area (TPSA) is 53.4 Å². The fraction of sp³-hybridized carbons (Fsp3) is 0.400. The number of aliphatic hydroxyl groups is 2. The van der Waals surface area contributed by atoms with Crippen LogP contribution >= 0.6 is 11.3 Å². The molecule has 108 valence electrons. The molecule has 0 aliphatic rings. The van der Waals surface area contributed by atoms with Gasteiger partial charge in [0.1, 0.15) is 5.82 Å². The van der Waals surface area contributed by atoms with Crippen molar-refractivity contribution in [2.75, 3.05) is 13.2 Å². The van der Waals surface area contributed by atoms with E-state index in [1.165, 1.54) is 12.1 Å². The summed E-state index contributed by atoms with van der Waals surface area (Å²) >= 11 is 1.56. The smallest absolute Gasteiger partial charge is 0.123 e. The number of nitrogens with zero attached hydrogens (tertiary/aromatic N) is 1. The summed E-state index contributed by atoms with van der Waals surface area (Å²) in [6.45, 7) is 3.50. The molecule has 20 heavy (non-hydrogen) atoms. The molecule has 0 saturated carbocycles. The highest BCUT2D eigenvalue weighted by atomic mass is 32.1. The second-order valence-electron chi connectivity index (χ2n) is 5.03. The summed E-state index contributed by atoms with van der Waals surface area (Å²) in [6.07, 6.45) is 0.435. The number of thiazole rings is 1. The minimum absolute atomic E-state index is 0.215. The number of rotatable bonds is 5. The summed E-state index contributed by atoms with van der Waals surface area (Å²) < 4.78 is 13.0. The zero-order valence-corrected chi connectivity index (χ0v) is 12.4. The number of hydrogen-bond donors (Lipinski definition) is 2. The van der Waals surface area contributed by atoms with E-state index in [0.717, 1.165) is 21.1 Å². The lowest BCUT2D eigenvalue weighted by Crippen LogP contribution is -2.37. The van der Waals surface area contributed by atoms with Crippen molar-refractivity contribution in [1.82, 2.24) is 4.98 Å². The van der Waals surface area contributed by atoms with Gasteiger partial charge in [-0.15, -0.1) is 11.3 Å². The largest absolute Gasteiger partial charge is 0.395 e. The second kappa shape index (κ2) is 5.99. The minimum Gasteiger partial charge on any atom is -0.395 e. The van der Waals surface area contributed by atoms with Gasteiger partial charge in [0.25, 0.3) is 0 Å². The molecule has 2 N–H and O–H groups in total. The van der Waals surface area contributed by atoms with Gasteiger partial charge in [-0.05, 0) is 31.5 Å². The number of aryl methyl sites for hydroxylation is 2. The van der Waals surface area contributed by atoms with Crippen LogP contribution in [-0.2, 0) is 11.8 Å². The van der Waals surface area contributed by atoms with Crippen molar-refractivity contribution in [2.45, 2.75) is 25.7 Å². The van der Waals surface area contributed by atoms with Crippen LogP contribution < -0.4 is 0 Å². The summed E-state index contributed by atoms with van der Waals surface area (Å²) in [4.78, 5) is 5.58. The van der Waals surface area contributed by atoms with Gasteiger partial charge in [0.05, 0.1) is 23.9 Å². The Kier molecular flexibility index (Phi) is 4.52. The van der Waals surface area contributed by atoms with Gasteiger partial charge in [0, 0.05) is 16.7 Å². The highest BCUT2D eigenvalue weighted by Crippen LogP contribution is 2.30. The molecule has 5 heteroatoms. The molecule has 0 aliphatic heterocycles. The van der Waals surface area contributed by atoms with Crippen LogP contribution in [0.3, 0.4) is 0 Å². The molecule has 1 aromatic carbocycles. The van der Waals surface area contributed by atoms with Gasteiger partial charge >= 0.3 is 0 Å². The van der Waals surface area contributed by atoms with Gasteiger partial charge in [-0.25, -0.2) is 9.37 Å². The number of aromatic nitrogens is 1. The standard InChI is InChI=1S/C15H18FNO2S/c1-10-11(2)20-14(17-10)7-15(8-18,9-19)12-3-5-13(16)6-4-12/h3-6,18-19H,7-9H2,1-2H3. The predicted octanol–water partition coefficient (Wildman–Crippen LogP) is 2.36. The van der Waals surface area contributed by atoms with Crippen molar-refractivity contribution in [3.63, 3.8) is 0 Å². The maximum Gasteiger partial charge on any atom is 0.123 e. The van der Waals surface area contributed by atoms with Gasteiger partial charge in [-0.1, -0.05) is 12.1 Å².